The van der Waals surface area contributed by atoms with E-state index in [1.54, 1.807) is 23.4 Å². The first kappa shape index (κ1) is 19.0. The number of ether oxygens (including phenoxy) is 1. The Morgan fingerprint density at radius 2 is 1.90 bits per heavy atom. The molecule has 2 aliphatic rings. The van der Waals surface area contributed by atoms with E-state index >= 15 is 0 Å². The average molecular weight is 406 g/mol. The van der Waals surface area contributed by atoms with Gasteiger partial charge >= 0.3 is 0 Å². The number of carbonyl (C=O) groups is 1. The molecular weight excluding hydrogens is 382 g/mol. The molecule has 5 rings (SSSR count). The van der Waals surface area contributed by atoms with Crippen LogP contribution in [-0.4, -0.2) is 55.2 Å². The summed E-state index contributed by atoms with van der Waals surface area (Å²) < 4.78 is 11.4. The molecule has 1 fully saturated rings. The maximum atomic E-state index is 13.5. The normalized spacial score (nSPS) is 19.4. The summed E-state index contributed by atoms with van der Waals surface area (Å²) >= 11 is 0. The number of aryl methyl sites for hydroxylation is 1. The van der Waals surface area contributed by atoms with Crippen molar-refractivity contribution in [2.45, 2.75) is 13.0 Å². The van der Waals surface area contributed by atoms with Gasteiger partial charge in [0.1, 0.15) is 18.7 Å². The molecule has 7 heteroatoms. The van der Waals surface area contributed by atoms with Crippen LogP contribution in [0.25, 0.3) is 11.0 Å². The molecular formula is C23H24N3O4+. The SMILES string of the molecule is Cc1ccc2oc3c(c(=O)c2c1)[C@@H](c1ccncc1)N(CC[NH+]1CCOCC1)C3=O. The summed E-state index contributed by atoms with van der Waals surface area (Å²) in [7, 11) is 0. The van der Waals surface area contributed by atoms with Crippen LogP contribution in [0, 0.1) is 6.92 Å². The monoisotopic (exact) mass is 406 g/mol. The van der Waals surface area contributed by atoms with Crippen LogP contribution in [0.5, 0.6) is 0 Å². The number of hydrogen-bond donors (Lipinski definition) is 1. The Morgan fingerprint density at radius 3 is 2.67 bits per heavy atom. The number of benzene rings is 1. The number of pyridine rings is 1. The molecule has 0 radical (unpaired) electrons. The Hall–Kier alpha value is -3.03. The van der Waals surface area contributed by atoms with Crippen LogP contribution in [0.1, 0.15) is 33.3 Å². The largest absolute Gasteiger partial charge is 0.450 e. The molecule has 1 aromatic carbocycles. The molecule has 0 aliphatic carbocycles. The molecule has 1 N–H and O–H groups in total. The third kappa shape index (κ3) is 3.20. The van der Waals surface area contributed by atoms with Crippen LogP contribution in [0.15, 0.2) is 51.9 Å². The van der Waals surface area contributed by atoms with Crippen molar-refractivity contribution in [1.29, 1.82) is 0 Å². The molecule has 3 aromatic rings. The molecule has 1 atom stereocenters. The van der Waals surface area contributed by atoms with E-state index in [9.17, 15) is 9.59 Å². The second-order valence-electron chi connectivity index (χ2n) is 7.97. The number of nitrogens with zero attached hydrogens (tertiary/aromatic N) is 2. The van der Waals surface area contributed by atoms with Gasteiger partial charge in [-0.2, -0.15) is 0 Å². The standard InChI is InChI=1S/C23H23N3O4/c1-15-2-3-18-17(14-15)21(27)19-20(16-4-6-24-7-5-16)26(23(28)22(19)30-18)9-8-25-10-12-29-13-11-25/h2-7,14,20H,8-13H2,1H3/p+1/t20-/m1/s1. The summed E-state index contributed by atoms with van der Waals surface area (Å²) in [5.41, 5.74) is 2.60. The molecule has 0 unspecified atom stereocenters. The van der Waals surface area contributed by atoms with Crippen LogP contribution in [-0.2, 0) is 4.74 Å². The Balaban J connectivity index is 1.60. The Bertz CT molecular complexity index is 1150. The Kier molecular flexibility index (Phi) is 4.84. The van der Waals surface area contributed by atoms with Gasteiger partial charge in [-0.1, -0.05) is 11.6 Å². The van der Waals surface area contributed by atoms with Crippen molar-refractivity contribution in [2.24, 2.45) is 0 Å². The van der Waals surface area contributed by atoms with E-state index < -0.39 is 6.04 Å². The summed E-state index contributed by atoms with van der Waals surface area (Å²) in [6.07, 6.45) is 3.38. The maximum absolute atomic E-state index is 13.5. The predicted octanol–water partition coefficient (Wildman–Crippen LogP) is 0.957. The van der Waals surface area contributed by atoms with Gasteiger partial charge in [0.15, 0.2) is 5.43 Å². The average Bonchev–Trinajstić information content (AvgIpc) is 3.06. The first-order chi connectivity index (χ1) is 14.6. The van der Waals surface area contributed by atoms with Gasteiger partial charge in [-0.25, -0.2) is 0 Å². The highest BCUT2D eigenvalue weighted by molar-refractivity contribution is 5.99. The summed E-state index contributed by atoms with van der Waals surface area (Å²) in [5.74, 6) is -0.0609. The van der Waals surface area contributed by atoms with E-state index in [0.29, 0.717) is 23.1 Å². The lowest BCUT2D eigenvalue weighted by Crippen LogP contribution is -3.14. The van der Waals surface area contributed by atoms with Gasteiger partial charge in [-0.3, -0.25) is 14.6 Å². The quantitative estimate of drug-likeness (QED) is 0.698. The van der Waals surface area contributed by atoms with Gasteiger partial charge in [0.25, 0.3) is 5.91 Å². The van der Waals surface area contributed by atoms with Crippen LogP contribution in [0.4, 0.5) is 0 Å². The maximum Gasteiger partial charge on any atom is 0.291 e. The summed E-state index contributed by atoms with van der Waals surface area (Å²) in [6, 6.07) is 8.75. The van der Waals surface area contributed by atoms with Crippen LogP contribution < -0.4 is 10.3 Å². The van der Waals surface area contributed by atoms with Crippen molar-refractivity contribution < 1.29 is 18.8 Å². The van der Waals surface area contributed by atoms with E-state index in [1.807, 2.05) is 31.2 Å². The fourth-order valence-electron chi connectivity index (χ4n) is 4.45. The highest BCUT2D eigenvalue weighted by Crippen LogP contribution is 2.37. The second-order valence-corrected chi connectivity index (χ2v) is 7.97. The molecule has 2 aliphatic heterocycles. The first-order valence-corrected chi connectivity index (χ1v) is 10.3. The van der Waals surface area contributed by atoms with Crippen molar-refractivity contribution in [3.8, 4) is 0 Å². The minimum atomic E-state index is -0.461. The molecule has 2 aromatic heterocycles. The summed E-state index contributed by atoms with van der Waals surface area (Å²) in [6.45, 7) is 6.61. The van der Waals surface area contributed by atoms with Gasteiger partial charge < -0.3 is 19.0 Å². The van der Waals surface area contributed by atoms with E-state index in [2.05, 4.69) is 4.98 Å². The van der Waals surface area contributed by atoms with E-state index in [4.69, 9.17) is 9.15 Å². The molecule has 0 saturated carbocycles. The number of quaternary nitrogens is 1. The lowest BCUT2D eigenvalue weighted by Gasteiger charge is -2.29. The van der Waals surface area contributed by atoms with E-state index in [1.165, 1.54) is 4.90 Å². The van der Waals surface area contributed by atoms with Gasteiger partial charge in [0, 0.05) is 12.4 Å². The smallest absolute Gasteiger partial charge is 0.291 e. The van der Waals surface area contributed by atoms with Gasteiger partial charge in [-0.15, -0.1) is 0 Å². The lowest BCUT2D eigenvalue weighted by atomic mass is 9.99. The van der Waals surface area contributed by atoms with Crippen molar-refractivity contribution >= 4 is 16.9 Å². The zero-order valence-electron chi connectivity index (χ0n) is 16.9. The summed E-state index contributed by atoms with van der Waals surface area (Å²) in [5, 5.41) is 0.515. The fourth-order valence-corrected chi connectivity index (χ4v) is 4.45. The zero-order valence-corrected chi connectivity index (χ0v) is 16.9. The van der Waals surface area contributed by atoms with Crippen LogP contribution in [0.2, 0.25) is 0 Å². The molecule has 0 bridgehead atoms. The molecule has 4 heterocycles. The number of aromatic nitrogens is 1. The Morgan fingerprint density at radius 1 is 1.13 bits per heavy atom. The minimum absolute atomic E-state index is 0.133. The number of rotatable bonds is 4. The summed E-state index contributed by atoms with van der Waals surface area (Å²) in [4.78, 5) is 34.1. The second kappa shape index (κ2) is 7.66. The number of carbonyl (C=O) groups excluding carboxylic acids is 1. The number of nitrogens with one attached hydrogen (secondary N) is 1. The number of morpholine rings is 1. The molecule has 154 valence electrons. The topological polar surface area (TPSA) is 77.1 Å². The molecule has 0 spiro atoms. The first-order valence-electron chi connectivity index (χ1n) is 10.3. The third-order valence-corrected chi connectivity index (χ3v) is 6.05. The molecule has 30 heavy (non-hydrogen) atoms. The number of hydrogen-bond acceptors (Lipinski definition) is 5. The van der Waals surface area contributed by atoms with E-state index in [0.717, 1.165) is 44.0 Å². The van der Waals surface area contributed by atoms with Gasteiger partial charge in [0.05, 0.1) is 43.3 Å². The predicted molar refractivity (Wildman–Crippen MR) is 111 cm³/mol. The van der Waals surface area contributed by atoms with Crippen molar-refractivity contribution in [3.05, 3.63) is 75.4 Å². The van der Waals surface area contributed by atoms with E-state index in [-0.39, 0.29) is 17.1 Å². The van der Waals surface area contributed by atoms with Crippen LogP contribution >= 0.6 is 0 Å². The van der Waals surface area contributed by atoms with Crippen molar-refractivity contribution in [3.63, 3.8) is 0 Å². The third-order valence-electron chi connectivity index (χ3n) is 6.05. The highest BCUT2D eigenvalue weighted by Gasteiger charge is 2.43. The van der Waals surface area contributed by atoms with Crippen molar-refractivity contribution in [2.75, 3.05) is 39.4 Å². The van der Waals surface area contributed by atoms with Gasteiger partial charge in [-0.05, 0) is 36.8 Å². The fraction of sp³-hybridized carbons (Fsp3) is 0.348. The van der Waals surface area contributed by atoms with Crippen molar-refractivity contribution in [1.82, 2.24) is 9.88 Å². The highest BCUT2D eigenvalue weighted by atomic mass is 16.5. The minimum Gasteiger partial charge on any atom is -0.450 e. The molecule has 1 amide bonds. The van der Waals surface area contributed by atoms with Gasteiger partial charge in [0.2, 0.25) is 5.76 Å². The van der Waals surface area contributed by atoms with Crippen LogP contribution in [0.3, 0.4) is 0 Å². The lowest BCUT2D eigenvalue weighted by molar-refractivity contribution is -0.907. The number of fused-ring (bicyclic) bond motifs is 2. The molecule has 7 nitrogen and oxygen atoms in total. The Labute approximate surface area is 173 Å². The number of amides is 1. The zero-order chi connectivity index (χ0) is 20.7. The molecule has 1 saturated heterocycles.